The van der Waals surface area contributed by atoms with Crippen LogP contribution in [-0.2, 0) is 10.5 Å². The summed E-state index contributed by atoms with van der Waals surface area (Å²) < 4.78 is 0. The number of hydrogen-bond acceptors (Lipinski definition) is 4. The molecule has 0 fully saturated rings. The van der Waals surface area contributed by atoms with E-state index in [1.54, 1.807) is 24.3 Å². The number of primary amides is 1. The molecule has 32 heavy (non-hydrogen) atoms. The van der Waals surface area contributed by atoms with Crippen LogP contribution in [0.5, 0.6) is 0 Å². The van der Waals surface area contributed by atoms with Crippen LogP contribution in [0.3, 0.4) is 0 Å². The predicted octanol–water partition coefficient (Wildman–Crippen LogP) is 5.27. The maximum Gasteiger partial charge on any atom is 0.335 e. The van der Waals surface area contributed by atoms with Gasteiger partial charge in [-0.3, -0.25) is 4.79 Å². The molecule has 3 aromatic rings. The van der Waals surface area contributed by atoms with Crippen molar-refractivity contribution in [1.29, 1.82) is 0 Å². The van der Waals surface area contributed by atoms with Crippen LogP contribution in [0.2, 0.25) is 10.0 Å². The summed E-state index contributed by atoms with van der Waals surface area (Å²) in [6.07, 6.45) is 0. The first-order chi connectivity index (χ1) is 15.1. The smallest absolute Gasteiger partial charge is 0.335 e. The summed E-state index contributed by atoms with van der Waals surface area (Å²) in [6, 6.07) is 15.4. The van der Waals surface area contributed by atoms with Crippen LogP contribution in [0, 0.1) is 13.8 Å². The van der Waals surface area contributed by atoms with E-state index < -0.39 is 23.5 Å². The molecule has 0 aliphatic carbocycles. The Morgan fingerprint density at radius 1 is 0.969 bits per heavy atom. The number of hydrogen-bond donors (Lipinski definition) is 4. The van der Waals surface area contributed by atoms with Crippen molar-refractivity contribution < 1.29 is 14.7 Å². The van der Waals surface area contributed by atoms with E-state index in [0.29, 0.717) is 32.5 Å². The summed E-state index contributed by atoms with van der Waals surface area (Å²) in [6.45, 7) is 3.87. The molecular weight excluding hydrogens is 449 g/mol. The van der Waals surface area contributed by atoms with Gasteiger partial charge in [0.2, 0.25) is 5.91 Å². The highest BCUT2D eigenvalue weighted by molar-refractivity contribution is 6.36. The second-order valence-corrected chi connectivity index (χ2v) is 8.73. The van der Waals surface area contributed by atoms with Crippen LogP contribution in [0.15, 0.2) is 54.6 Å². The molecule has 0 saturated carbocycles. The van der Waals surface area contributed by atoms with Gasteiger partial charge in [-0.2, -0.15) is 0 Å². The molecule has 2 atom stereocenters. The van der Waals surface area contributed by atoms with Crippen molar-refractivity contribution in [3.05, 3.63) is 92.5 Å². The first kappa shape index (κ1) is 22.0. The molecule has 6 nitrogen and oxygen atoms in total. The number of anilines is 2. The molecule has 3 aromatic carbocycles. The average Bonchev–Trinajstić information content (AvgIpc) is 3.08. The number of nitrogens with one attached hydrogen (secondary N) is 2. The molecule has 5 N–H and O–H groups in total. The molecule has 1 aliphatic rings. The Bertz CT molecular complexity index is 1240. The summed E-state index contributed by atoms with van der Waals surface area (Å²) in [5.41, 5.74) is 8.90. The number of amides is 1. The van der Waals surface area contributed by atoms with Crippen LogP contribution < -0.4 is 16.4 Å². The second kappa shape index (κ2) is 8.04. The number of fused-ring (bicyclic) bond motifs is 1. The third-order valence-electron chi connectivity index (χ3n) is 5.74. The van der Waals surface area contributed by atoms with Crippen molar-refractivity contribution in [3.63, 3.8) is 0 Å². The average molecular weight is 470 g/mol. The minimum Gasteiger partial charge on any atom is -0.478 e. The number of carboxylic acids is 1. The summed E-state index contributed by atoms with van der Waals surface area (Å²) >= 11 is 13.2. The Hall–Kier alpha value is -3.22. The van der Waals surface area contributed by atoms with E-state index in [4.69, 9.17) is 28.9 Å². The Balaban J connectivity index is 2.00. The third kappa shape index (κ3) is 3.55. The number of rotatable bonds is 5. The van der Waals surface area contributed by atoms with Gasteiger partial charge in [0.15, 0.2) is 5.66 Å². The number of nitrogens with two attached hydrogens (primary N) is 1. The van der Waals surface area contributed by atoms with Crippen molar-refractivity contribution in [2.24, 2.45) is 5.73 Å². The van der Waals surface area contributed by atoms with Gasteiger partial charge in [0.25, 0.3) is 0 Å². The molecule has 0 radical (unpaired) electrons. The minimum atomic E-state index is -1.35. The molecule has 1 heterocycles. The van der Waals surface area contributed by atoms with Gasteiger partial charge in [-0.15, -0.1) is 0 Å². The number of benzene rings is 3. The van der Waals surface area contributed by atoms with E-state index >= 15 is 0 Å². The molecule has 1 amide bonds. The number of carboxylic acid groups (broad SMARTS) is 1. The zero-order valence-electron chi connectivity index (χ0n) is 17.4. The normalized spacial score (nSPS) is 17.8. The fourth-order valence-corrected chi connectivity index (χ4v) is 5.08. The molecule has 2 unspecified atom stereocenters. The van der Waals surface area contributed by atoms with E-state index in [-0.39, 0.29) is 5.56 Å². The zero-order valence-corrected chi connectivity index (χ0v) is 18.9. The topological polar surface area (TPSA) is 104 Å². The molecule has 0 aromatic heterocycles. The maximum atomic E-state index is 13.0. The monoisotopic (exact) mass is 469 g/mol. The van der Waals surface area contributed by atoms with Gasteiger partial charge in [-0.1, -0.05) is 53.0 Å². The van der Waals surface area contributed by atoms with E-state index in [9.17, 15) is 14.7 Å². The summed E-state index contributed by atoms with van der Waals surface area (Å²) in [5.74, 6) is -2.59. The lowest BCUT2D eigenvalue weighted by molar-refractivity contribution is -0.120. The Morgan fingerprint density at radius 2 is 1.62 bits per heavy atom. The number of aryl methyl sites for hydroxylation is 2. The number of carbonyl (C=O) groups is 2. The van der Waals surface area contributed by atoms with Crippen LogP contribution >= 0.6 is 23.2 Å². The third-order valence-corrected chi connectivity index (χ3v) is 6.37. The van der Waals surface area contributed by atoms with Gasteiger partial charge in [0.05, 0.1) is 16.9 Å². The quantitative estimate of drug-likeness (QED) is 0.407. The molecule has 164 valence electrons. The number of aromatic carboxylic acids is 1. The van der Waals surface area contributed by atoms with Gasteiger partial charge in [0.1, 0.15) is 5.92 Å². The Morgan fingerprint density at radius 3 is 2.22 bits per heavy atom. The van der Waals surface area contributed by atoms with E-state index in [1.807, 2.05) is 32.0 Å². The van der Waals surface area contributed by atoms with E-state index in [2.05, 4.69) is 10.6 Å². The summed E-state index contributed by atoms with van der Waals surface area (Å²) in [7, 11) is 0. The SMILES string of the molecule is Cc1ccc(C(C(N)=O)C2(c3c(Cl)cccc3Cl)Nc3ccc(C(=O)O)cc3N2)c(C)c1. The lowest BCUT2D eigenvalue weighted by Crippen LogP contribution is -2.50. The molecule has 0 saturated heterocycles. The summed E-state index contributed by atoms with van der Waals surface area (Å²) in [4.78, 5) is 24.5. The standard InChI is InChI=1S/C24H21Cl2N3O3/c1-12-6-8-15(13(2)10-12)20(22(27)30)24(21-16(25)4-3-5-17(21)26)28-18-9-7-14(23(31)32)11-19(18)29-24/h3-11,20,28-29H,1-2H3,(H2,27,30)(H,31,32). The van der Waals surface area contributed by atoms with Gasteiger partial charge in [0, 0.05) is 15.6 Å². The highest BCUT2D eigenvalue weighted by atomic mass is 35.5. The fraction of sp³-hybridized carbons (Fsp3) is 0.167. The lowest BCUT2D eigenvalue weighted by Gasteiger charge is -2.39. The highest BCUT2D eigenvalue weighted by Gasteiger charge is 2.51. The largest absolute Gasteiger partial charge is 0.478 e. The van der Waals surface area contributed by atoms with Crippen molar-refractivity contribution in [2.45, 2.75) is 25.4 Å². The van der Waals surface area contributed by atoms with Crippen molar-refractivity contribution in [2.75, 3.05) is 10.6 Å². The predicted molar refractivity (Wildman–Crippen MR) is 127 cm³/mol. The molecular formula is C24H21Cl2N3O3. The van der Waals surface area contributed by atoms with Crippen LogP contribution in [-0.4, -0.2) is 17.0 Å². The first-order valence-electron chi connectivity index (χ1n) is 9.88. The molecule has 0 spiro atoms. The molecule has 0 bridgehead atoms. The van der Waals surface area contributed by atoms with E-state index in [1.165, 1.54) is 12.1 Å². The van der Waals surface area contributed by atoms with Crippen molar-refractivity contribution in [1.82, 2.24) is 0 Å². The fourth-order valence-electron chi connectivity index (χ4n) is 4.38. The number of carbonyl (C=O) groups excluding carboxylic acids is 1. The Kier molecular flexibility index (Phi) is 5.53. The number of halogens is 2. The zero-order chi connectivity index (χ0) is 23.2. The van der Waals surface area contributed by atoms with Gasteiger partial charge >= 0.3 is 5.97 Å². The van der Waals surface area contributed by atoms with E-state index in [0.717, 1.165) is 11.1 Å². The van der Waals surface area contributed by atoms with Crippen molar-refractivity contribution >= 4 is 46.5 Å². The minimum absolute atomic E-state index is 0.0984. The van der Waals surface area contributed by atoms with Crippen LogP contribution in [0.4, 0.5) is 11.4 Å². The van der Waals surface area contributed by atoms with Gasteiger partial charge < -0.3 is 21.5 Å². The maximum absolute atomic E-state index is 13.0. The molecule has 4 rings (SSSR count). The molecule has 1 aliphatic heterocycles. The summed E-state index contributed by atoms with van der Waals surface area (Å²) in [5, 5.41) is 16.8. The highest BCUT2D eigenvalue weighted by Crippen LogP contribution is 2.51. The second-order valence-electron chi connectivity index (χ2n) is 7.92. The van der Waals surface area contributed by atoms with Crippen LogP contribution in [0.25, 0.3) is 0 Å². The van der Waals surface area contributed by atoms with Crippen LogP contribution in [0.1, 0.15) is 38.5 Å². The van der Waals surface area contributed by atoms with Gasteiger partial charge in [-0.25, -0.2) is 4.79 Å². The van der Waals surface area contributed by atoms with Crippen molar-refractivity contribution in [3.8, 4) is 0 Å². The van der Waals surface area contributed by atoms with Gasteiger partial charge in [-0.05, 0) is 55.3 Å². The lowest BCUT2D eigenvalue weighted by atomic mass is 9.78. The molecule has 8 heteroatoms. The first-order valence-corrected chi connectivity index (χ1v) is 10.6. The Labute approximate surface area is 195 Å².